The van der Waals surface area contributed by atoms with Crippen LogP contribution in [-0.4, -0.2) is 66.2 Å². The summed E-state index contributed by atoms with van der Waals surface area (Å²) in [5.41, 5.74) is 2.45. The van der Waals surface area contributed by atoms with Crippen molar-refractivity contribution in [2.45, 2.75) is 40.2 Å². The van der Waals surface area contributed by atoms with Crippen LogP contribution in [-0.2, 0) is 4.79 Å². The first-order chi connectivity index (χ1) is 11.0. The van der Waals surface area contributed by atoms with Crippen molar-refractivity contribution in [3.8, 4) is 0 Å². The van der Waals surface area contributed by atoms with Crippen LogP contribution in [0.3, 0.4) is 0 Å². The summed E-state index contributed by atoms with van der Waals surface area (Å²) in [5, 5.41) is 13.4. The van der Waals surface area contributed by atoms with E-state index in [1.54, 1.807) is 11.3 Å². The Morgan fingerprint density at radius 2 is 1.87 bits per heavy atom. The summed E-state index contributed by atoms with van der Waals surface area (Å²) in [4.78, 5) is 18.1. The molecule has 0 saturated carbocycles. The fraction of sp³-hybridized carbons (Fsp3) is 0.706. The highest BCUT2D eigenvalue weighted by atomic mass is 32.1. The summed E-state index contributed by atoms with van der Waals surface area (Å²) < 4.78 is 0. The van der Waals surface area contributed by atoms with Crippen molar-refractivity contribution < 1.29 is 9.90 Å². The molecular formula is C17H29N3O2S. The first kappa shape index (κ1) is 18.4. The number of thiophene rings is 1. The lowest BCUT2D eigenvalue weighted by molar-refractivity contribution is -0.117. The molecule has 1 atom stereocenters. The molecule has 1 aromatic heterocycles. The van der Waals surface area contributed by atoms with Crippen molar-refractivity contribution in [1.29, 1.82) is 0 Å². The number of nitrogens with zero attached hydrogens (tertiary/aromatic N) is 2. The molecule has 1 saturated heterocycles. The van der Waals surface area contributed by atoms with Gasteiger partial charge in [0.2, 0.25) is 5.91 Å². The van der Waals surface area contributed by atoms with Crippen LogP contribution < -0.4 is 5.32 Å². The number of rotatable bonds is 6. The van der Waals surface area contributed by atoms with Crippen LogP contribution in [0.25, 0.3) is 0 Å². The number of amides is 1. The van der Waals surface area contributed by atoms with Gasteiger partial charge in [0.1, 0.15) is 0 Å². The van der Waals surface area contributed by atoms with E-state index in [0.717, 1.165) is 37.6 Å². The van der Waals surface area contributed by atoms with Gasteiger partial charge in [-0.05, 0) is 38.3 Å². The van der Waals surface area contributed by atoms with E-state index in [-0.39, 0.29) is 18.6 Å². The minimum absolute atomic E-state index is 0.0667. The molecule has 0 bridgehead atoms. The SMILES string of the molecule is CCC(CO)N1CCN(CC(=O)Nc2sc(C)c(C)c2C)CC1. The lowest BCUT2D eigenvalue weighted by atomic mass is 10.1. The van der Waals surface area contributed by atoms with Gasteiger partial charge in [0.15, 0.2) is 0 Å². The quantitative estimate of drug-likeness (QED) is 0.832. The number of hydrogen-bond acceptors (Lipinski definition) is 5. The predicted molar refractivity (Wildman–Crippen MR) is 96.3 cm³/mol. The minimum Gasteiger partial charge on any atom is -0.395 e. The second-order valence-corrected chi connectivity index (χ2v) is 7.57. The van der Waals surface area contributed by atoms with E-state index in [2.05, 4.69) is 42.8 Å². The van der Waals surface area contributed by atoms with Crippen LogP contribution in [0.15, 0.2) is 0 Å². The number of carbonyl (C=O) groups excluding carboxylic acids is 1. The molecule has 1 aliphatic rings. The molecule has 1 unspecified atom stereocenters. The van der Waals surface area contributed by atoms with Gasteiger partial charge in [-0.3, -0.25) is 14.6 Å². The number of nitrogens with one attached hydrogen (secondary N) is 1. The van der Waals surface area contributed by atoms with Crippen LogP contribution in [0.4, 0.5) is 5.00 Å². The summed E-state index contributed by atoms with van der Waals surface area (Å²) in [7, 11) is 0. The van der Waals surface area contributed by atoms with Gasteiger partial charge in [-0.2, -0.15) is 0 Å². The zero-order valence-electron chi connectivity index (χ0n) is 14.7. The lowest BCUT2D eigenvalue weighted by Gasteiger charge is -2.38. The van der Waals surface area contributed by atoms with Crippen LogP contribution in [0.2, 0.25) is 0 Å². The smallest absolute Gasteiger partial charge is 0.239 e. The summed E-state index contributed by atoms with van der Waals surface area (Å²) in [6.07, 6.45) is 0.966. The van der Waals surface area contributed by atoms with E-state index in [0.29, 0.717) is 6.54 Å². The molecule has 0 aliphatic carbocycles. The molecule has 0 spiro atoms. The molecule has 130 valence electrons. The third-order valence-electron chi connectivity index (χ3n) is 4.91. The van der Waals surface area contributed by atoms with Gasteiger partial charge in [0.05, 0.1) is 18.2 Å². The second-order valence-electron chi connectivity index (χ2n) is 6.34. The molecule has 0 aromatic carbocycles. The van der Waals surface area contributed by atoms with Gasteiger partial charge in [-0.25, -0.2) is 0 Å². The van der Waals surface area contributed by atoms with Crippen LogP contribution >= 0.6 is 11.3 Å². The first-order valence-electron chi connectivity index (χ1n) is 8.40. The molecule has 1 aliphatic heterocycles. The molecule has 1 fully saturated rings. The largest absolute Gasteiger partial charge is 0.395 e. The van der Waals surface area contributed by atoms with E-state index < -0.39 is 0 Å². The average Bonchev–Trinajstić information content (AvgIpc) is 2.77. The van der Waals surface area contributed by atoms with E-state index in [4.69, 9.17) is 0 Å². The highest BCUT2D eigenvalue weighted by Crippen LogP contribution is 2.31. The first-order valence-corrected chi connectivity index (χ1v) is 9.21. The van der Waals surface area contributed by atoms with Crippen molar-refractivity contribution in [2.75, 3.05) is 44.6 Å². The maximum atomic E-state index is 12.3. The topological polar surface area (TPSA) is 55.8 Å². The fourth-order valence-electron chi connectivity index (χ4n) is 3.02. The Hall–Kier alpha value is -0.950. The summed E-state index contributed by atoms with van der Waals surface area (Å²) in [6.45, 7) is 12.6. The Labute approximate surface area is 143 Å². The van der Waals surface area contributed by atoms with Gasteiger partial charge in [-0.1, -0.05) is 6.92 Å². The monoisotopic (exact) mass is 339 g/mol. The van der Waals surface area contributed by atoms with E-state index in [1.807, 2.05) is 0 Å². The number of aryl methyl sites for hydroxylation is 1. The van der Waals surface area contributed by atoms with E-state index in [1.165, 1.54) is 16.0 Å². The van der Waals surface area contributed by atoms with Crippen molar-refractivity contribution in [3.05, 3.63) is 16.0 Å². The summed E-state index contributed by atoms with van der Waals surface area (Å²) in [5.74, 6) is 0.0667. The third-order valence-corrected chi connectivity index (χ3v) is 6.14. The van der Waals surface area contributed by atoms with Crippen molar-refractivity contribution in [1.82, 2.24) is 9.80 Å². The van der Waals surface area contributed by atoms with E-state index >= 15 is 0 Å². The summed E-state index contributed by atoms with van der Waals surface area (Å²) in [6, 6.07) is 0.255. The Morgan fingerprint density at radius 1 is 1.22 bits per heavy atom. The Balaban J connectivity index is 1.82. The molecule has 23 heavy (non-hydrogen) atoms. The molecule has 1 amide bonds. The number of aliphatic hydroxyl groups excluding tert-OH is 1. The molecule has 5 nitrogen and oxygen atoms in total. The molecule has 1 aromatic rings. The molecule has 6 heteroatoms. The molecule has 2 rings (SSSR count). The molecule has 0 radical (unpaired) electrons. The minimum atomic E-state index is 0.0667. The second kappa shape index (κ2) is 8.24. The third kappa shape index (κ3) is 4.53. The number of carbonyl (C=O) groups is 1. The lowest BCUT2D eigenvalue weighted by Crippen LogP contribution is -2.52. The van der Waals surface area contributed by atoms with Crippen LogP contribution in [0, 0.1) is 20.8 Å². The van der Waals surface area contributed by atoms with Gasteiger partial charge in [0.25, 0.3) is 0 Å². The Morgan fingerprint density at radius 3 is 2.35 bits per heavy atom. The predicted octanol–water partition coefficient (Wildman–Crippen LogP) is 2.00. The highest BCUT2D eigenvalue weighted by Gasteiger charge is 2.23. The zero-order chi connectivity index (χ0) is 17.0. The van der Waals surface area contributed by atoms with Crippen molar-refractivity contribution in [2.24, 2.45) is 0 Å². The normalized spacial score (nSPS) is 18.1. The van der Waals surface area contributed by atoms with Crippen LogP contribution in [0.5, 0.6) is 0 Å². The number of piperazine rings is 1. The number of hydrogen-bond donors (Lipinski definition) is 2. The van der Waals surface area contributed by atoms with Gasteiger partial charge in [0, 0.05) is 37.1 Å². The van der Waals surface area contributed by atoms with Gasteiger partial charge >= 0.3 is 0 Å². The molecular weight excluding hydrogens is 310 g/mol. The number of aliphatic hydroxyl groups is 1. The molecule has 2 heterocycles. The van der Waals surface area contributed by atoms with E-state index in [9.17, 15) is 9.90 Å². The van der Waals surface area contributed by atoms with Gasteiger partial charge in [-0.15, -0.1) is 11.3 Å². The average molecular weight is 340 g/mol. The maximum absolute atomic E-state index is 12.3. The number of anilines is 1. The van der Waals surface area contributed by atoms with Gasteiger partial charge < -0.3 is 10.4 Å². The highest BCUT2D eigenvalue weighted by molar-refractivity contribution is 7.16. The summed E-state index contributed by atoms with van der Waals surface area (Å²) >= 11 is 1.66. The Kier molecular flexibility index (Phi) is 6.59. The standard InChI is InChI=1S/C17H29N3O2S/c1-5-15(11-21)20-8-6-19(7-9-20)10-16(22)18-17-13(3)12(2)14(4)23-17/h15,21H,5-11H2,1-4H3,(H,18,22). The Bertz CT molecular complexity index is 532. The van der Waals surface area contributed by atoms with Crippen molar-refractivity contribution in [3.63, 3.8) is 0 Å². The molecule has 2 N–H and O–H groups in total. The van der Waals surface area contributed by atoms with Crippen LogP contribution in [0.1, 0.15) is 29.3 Å². The fourth-order valence-corrected chi connectivity index (χ4v) is 4.10. The maximum Gasteiger partial charge on any atom is 0.239 e. The van der Waals surface area contributed by atoms with Crippen molar-refractivity contribution >= 4 is 22.2 Å². The zero-order valence-corrected chi connectivity index (χ0v) is 15.5.